The van der Waals surface area contributed by atoms with Gasteiger partial charge in [0.1, 0.15) is 0 Å². The molecule has 3 aliphatic rings. The smallest absolute Gasteiger partial charge is 0.322 e. The van der Waals surface area contributed by atoms with E-state index in [4.69, 9.17) is 11.6 Å². The molecule has 1 aromatic carbocycles. The van der Waals surface area contributed by atoms with E-state index < -0.39 is 5.69 Å². The highest BCUT2D eigenvalue weighted by molar-refractivity contribution is 6.31. The zero-order valence-electron chi connectivity index (χ0n) is 12.5. The van der Waals surface area contributed by atoms with Crippen molar-refractivity contribution >= 4 is 22.5 Å². The van der Waals surface area contributed by atoms with Crippen molar-refractivity contribution in [1.82, 2.24) is 14.5 Å². The Kier molecular flexibility index (Phi) is 3.45. The van der Waals surface area contributed by atoms with E-state index in [-0.39, 0.29) is 11.6 Å². The lowest BCUT2D eigenvalue weighted by molar-refractivity contribution is 0.360. The number of H-pyrrole nitrogens is 1. The summed E-state index contributed by atoms with van der Waals surface area (Å²) in [6.07, 6.45) is 5.55. The summed E-state index contributed by atoms with van der Waals surface area (Å²) in [5.74, 6) is 0.459. The van der Waals surface area contributed by atoms with E-state index in [0.29, 0.717) is 16.4 Å². The zero-order valence-corrected chi connectivity index (χ0v) is 13.3. The average Bonchev–Trinajstić information content (AvgIpc) is 2.54. The van der Waals surface area contributed by atoms with E-state index in [1.54, 1.807) is 6.07 Å². The van der Waals surface area contributed by atoms with E-state index in [1.807, 2.05) is 22.8 Å². The Balaban J connectivity index is 2.13. The minimum Gasteiger partial charge on any atom is -0.322 e. The van der Waals surface area contributed by atoms with Crippen molar-refractivity contribution < 1.29 is 0 Å². The molecule has 1 aliphatic carbocycles. The van der Waals surface area contributed by atoms with Crippen LogP contribution in [0.5, 0.6) is 0 Å². The zero-order chi connectivity index (χ0) is 16.0. The standard InChI is InChI=1S/C17H16ClN3O2/c18-11-7-6-10-8-13-15(19-17(23)20-16(13)22)21(14(10)9-11)12-4-2-1-3-5-12/h6-9,12H,1-5H2,(H,20,22,23). The average molecular weight is 330 g/mol. The van der Waals surface area contributed by atoms with Crippen molar-refractivity contribution in [2.45, 2.75) is 38.1 Å². The fourth-order valence-electron chi connectivity index (χ4n) is 3.59. The molecule has 5 nitrogen and oxygen atoms in total. The van der Waals surface area contributed by atoms with E-state index in [9.17, 15) is 9.59 Å². The fourth-order valence-corrected chi connectivity index (χ4v) is 3.76. The first-order valence-electron chi connectivity index (χ1n) is 7.88. The molecule has 0 radical (unpaired) electrons. The van der Waals surface area contributed by atoms with Gasteiger partial charge in [-0.1, -0.05) is 36.9 Å². The molecular weight excluding hydrogens is 314 g/mol. The molecule has 2 aliphatic heterocycles. The predicted molar refractivity (Wildman–Crippen MR) is 90.4 cm³/mol. The summed E-state index contributed by atoms with van der Waals surface area (Å²) in [6, 6.07) is 7.62. The van der Waals surface area contributed by atoms with Gasteiger partial charge in [0.2, 0.25) is 0 Å². The third-order valence-corrected chi connectivity index (χ3v) is 4.87. The highest BCUT2D eigenvalue weighted by atomic mass is 35.5. The van der Waals surface area contributed by atoms with E-state index >= 15 is 0 Å². The molecule has 23 heavy (non-hydrogen) atoms. The van der Waals surface area contributed by atoms with Crippen LogP contribution in [0.4, 0.5) is 0 Å². The second-order valence-electron chi connectivity index (χ2n) is 6.12. The summed E-state index contributed by atoms with van der Waals surface area (Å²) in [7, 11) is 0. The molecule has 2 heterocycles. The van der Waals surface area contributed by atoms with Gasteiger partial charge in [0.15, 0.2) is 5.82 Å². The second-order valence-corrected chi connectivity index (χ2v) is 6.55. The van der Waals surface area contributed by atoms with Gasteiger partial charge >= 0.3 is 5.69 Å². The topological polar surface area (TPSA) is 67.8 Å². The molecule has 1 saturated carbocycles. The lowest BCUT2D eigenvalue weighted by Crippen LogP contribution is -2.29. The molecule has 0 unspecified atom stereocenters. The van der Waals surface area contributed by atoms with Crippen LogP contribution in [0.3, 0.4) is 0 Å². The number of benzene rings is 1. The Morgan fingerprint density at radius 2 is 1.91 bits per heavy atom. The van der Waals surface area contributed by atoms with Crippen molar-refractivity contribution in [3.63, 3.8) is 0 Å². The number of fused-ring (bicyclic) bond motifs is 2. The molecule has 4 rings (SSSR count). The minimum atomic E-state index is -0.603. The molecule has 0 saturated heterocycles. The lowest BCUT2D eigenvalue weighted by atomic mass is 9.94. The number of rotatable bonds is 1. The van der Waals surface area contributed by atoms with Crippen molar-refractivity contribution in [1.29, 1.82) is 0 Å². The number of aromatic amines is 1. The first kappa shape index (κ1) is 14.5. The van der Waals surface area contributed by atoms with Crippen molar-refractivity contribution in [3.05, 3.63) is 50.1 Å². The van der Waals surface area contributed by atoms with E-state index in [2.05, 4.69) is 9.97 Å². The highest BCUT2D eigenvalue weighted by Crippen LogP contribution is 2.35. The van der Waals surface area contributed by atoms with Crippen LogP contribution in [0.15, 0.2) is 33.9 Å². The van der Waals surface area contributed by atoms with Gasteiger partial charge in [0.25, 0.3) is 5.56 Å². The molecule has 0 bridgehead atoms. The van der Waals surface area contributed by atoms with Crippen LogP contribution < -0.4 is 11.2 Å². The van der Waals surface area contributed by atoms with Crippen LogP contribution in [0.2, 0.25) is 5.02 Å². The summed E-state index contributed by atoms with van der Waals surface area (Å²) in [5, 5.41) is 1.56. The molecule has 1 aromatic rings. The van der Waals surface area contributed by atoms with Gasteiger partial charge in [-0.15, -0.1) is 0 Å². The van der Waals surface area contributed by atoms with Crippen molar-refractivity contribution in [2.24, 2.45) is 0 Å². The number of nitrogens with one attached hydrogen (secondary N) is 1. The van der Waals surface area contributed by atoms with Crippen LogP contribution in [0.25, 0.3) is 22.3 Å². The molecule has 0 amide bonds. The summed E-state index contributed by atoms with van der Waals surface area (Å²) in [6.45, 7) is 0. The van der Waals surface area contributed by atoms with Crippen LogP contribution in [0, 0.1) is 0 Å². The van der Waals surface area contributed by atoms with E-state index in [1.165, 1.54) is 6.42 Å². The number of pyridine rings is 1. The number of nitrogens with zero attached hydrogens (tertiary/aromatic N) is 2. The third-order valence-electron chi connectivity index (χ3n) is 4.63. The monoisotopic (exact) mass is 329 g/mol. The minimum absolute atomic E-state index is 0.238. The first-order valence-corrected chi connectivity index (χ1v) is 8.26. The van der Waals surface area contributed by atoms with E-state index in [0.717, 1.165) is 36.6 Å². The Bertz CT molecular complexity index is 970. The molecule has 118 valence electrons. The van der Waals surface area contributed by atoms with Crippen molar-refractivity contribution in [2.75, 3.05) is 0 Å². The lowest BCUT2D eigenvalue weighted by Gasteiger charge is -2.29. The van der Waals surface area contributed by atoms with Crippen molar-refractivity contribution in [3.8, 4) is 11.4 Å². The van der Waals surface area contributed by atoms with Gasteiger partial charge in [-0.2, -0.15) is 4.98 Å². The number of hydrogen-bond donors (Lipinski definition) is 1. The maximum Gasteiger partial charge on any atom is 0.349 e. The first-order chi connectivity index (χ1) is 11.1. The Morgan fingerprint density at radius 3 is 2.70 bits per heavy atom. The van der Waals surface area contributed by atoms with Gasteiger partial charge in [-0.3, -0.25) is 9.78 Å². The number of aromatic nitrogens is 3. The van der Waals surface area contributed by atoms with Crippen LogP contribution in [0.1, 0.15) is 38.1 Å². The number of halogens is 1. The molecule has 1 fully saturated rings. The summed E-state index contributed by atoms with van der Waals surface area (Å²) < 4.78 is 2.05. The van der Waals surface area contributed by atoms with Crippen LogP contribution in [-0.2, 0) is 0 Å². The quantitative estimate of drug-likeness (QED) is 0.696. The van der Waals surface area contributed by atoms with Crippen LogP contribution in [-0.4, -0.2) is 14.5 Å². The van der Waals surface area contributed by atoms with Gasteiger partial charge in [0.05, 0.1) is 11.1 Å². The molecule has 6 heteroatoms. The molecular formula is C17H16ClN3O2. The largest absolute Gasteiger partial charge is 0.349 e. The van der Waals surface area contributed by atoms with Crippen LogP contribution >= 0.6 is 11.6 Å². The number of hydrogen-bond acceptors (Lipinski definition) is 3. The Labute approximate surface area is 137 Å². The fraction of sp³-hybridized carbons (Fsp3) is 0.353. The van der Waals surface area contributed by atoms with Gasteiger partial charge < -0.3 is 4.57 Å². The molecule has 0 spiro atoms. The predicted octanol–water partition coefficient (Wildman–Crippen LogP) is 3.35. The maximum atomic E-state index is 12.2. The third kappa shape index (κ3) is 2.45. The summed E-state index contributed by atoms with van der Waals surface area (Å²) >= 11 is 6.18. The molecule has 0 aromatic heterocycles. The summed E-state index contributed by atoms with van der Waals surface area (Å²) in [4.78, 5) is 30.3. The molecule has 1 N–H and O–H groups in total. The van der Waals surface area contributed by atoms with Gasteiger partial charge in [0, 0.05) is 11.1 Å². The summed E-state index contributed by atoms with van der Waals surface area (Å²) in [5.41, 5.74) is 0.384. The molecule has 0 atom stereocenters. The van der Waals surface area contributed by atoms with Gasteiger partial charge in [-0.05, 0) is 36.4 Å². The highest BCUT2D eigenvalue weighted by Gasteiger charge is 2.23. The Hall–Kier alpha value is -2.14. The Morgan fingerprint density at radius 1 is 1.13 bits per heavy atom. The maximum absolute atomic E-state index is 12.2. The SMILES string of the molecule is O=c1nc2n(C3CCCCC3)c3cc(Cl)ccc3cc-2c(=O)[nH]1. The second kappa shape index (κ2) is 5.49. The van der Waals surface area contributed by atoms with Gasteiger partial charge in [-0.25, -0.2) is 4.79 Å². The normalized spacial score (nSPS) is 16.2.